The van der Waals surface area contributed by atoms with Crippen LogP contribution in [-0.2, 0) is 11.3 Å². The summed E-state index contributed by atoms with van der Waals surface area (Å²) in [5.74, 6) is 0.821. The molecule has 1 amide bonds. The van der Waals surface area contributed by atoms with E-state index in [0.29, 0.717) is 30.5 Å². The first-order chi connectivity index (χ1) is 12.1. The van der Waals surface area contributed by atoms with Gasteiger partial charge in [0.05, 0.1) is 0 Å². The lowest BCUT2D eigenvalue weighted by Crippen LogP contribution is -2.40. The Bertz CT molecular complexity index is 546. The number of piperidine rings is 1. The molecule has 2 bridgehead atoms. The highest BCUT2D eigenvalue weighted by Gasteiger charge is 2.34. The van der Waals surface area contributed by atoms with E-state index >= 15 is 0 Å². The van der Waals surface area contributed by atoms with Crippen molar-refractivity contribution in [1.82, 2.24) is 15.5 Å². The fourth-order valence-corrected chi connectivity index (χ4v) is 4.34. The summed E-state index contributed by atoms with van der Waals surface area (Å²) < 4.78 is 0. The second-order valence-corrected chi connectivity index (χ2v) is 8.07. The van der Waals surface area contributed by atoms with Crippen molar-refractivity contribution in [3.05, 3.63) is 35.9 Å². The molecule has 0 aliphatic carbocycles. The monoisotopic (exact) mass is 415 g/mol. The maximum Gasteiger partial charge on any atom is 0.220 e. The maximum atomic E-state index is 12.2. The van der Waals surface area contributed by atoms with E-state index in [0.717, 1.165) is 19.5 Å². The number of amides is 1. The normalized spacial score (nSPS) is 24.6. The maximum absolute atomic E-state index is 12.2. The SMILES string of the molecule is CC(CCNC(=O)CC1CC2CCC(C1)N2)N(C)Cc1ccccc1.Cl.Cl. The van der Waals surface area contributed by atoms with Gasteiger partial charge in [0, 0.05) is 37.6 Å². The molecule has 2 heterocycles. The van der Waals surface area contributed by atoms with E-state index in [-0.39, 0.29) is 30.7 Å². The van der Waals surface area contributed by atoms with E-state index in [1.165, 1.54) is 31.2 Å². The molecule has 2 aliphatic rings. The largest absolute Gasteiger partial charge is 0.356 e. The van der Waals surface area contributed by atoms with Crippen molar-refractivity contribution in [2.75, 3.05) is 13.6 Å². The lowest BCUT2D eigenvalue weighted by molar-refractivity contribution is -0.122. The van der Waals surface area contributed by atoms with Crippen LogP contribution in [0, 0.1) is 5.92 Å². The summed E-state index contributed by atoms with van der Waals surface area (Å²) in [7, 11) is 2.16. The molecule has 3 atom stereocenters. The summed E-state index contributed by atoms with van der Waals surface area (Å²) in [6.07, 6.45) is 6.66. The molecule has 4 nitrogen and oxygen atoms in total. The van der Waals surface area contributed by atoms with E-state index < -0.39 is 0 Å². The highest BCUT2D eigenvalue weighted by atomic mass is 35.5. The van der Waals surface area contributed by atoms with Crippen molar-refractivity contribution in [3.63, 3.8) is 0 Å². The Kier molecular flexibility index (Phi) is 10.7. The molecule has 1 aromatic rings. The first kappa shape index (κ1) is 24.2. The van der Waals surface area contributed by atoms with Gasteiger partial charge in [0.1, 0.15) is 0 Å². The molecule has 2 saturated heterocycles. The number of halogens is 2. The first-order valence-corrected chi connectivity index (χ1v) is 9.87. The third-order valence-corrected chi connectivity index (χ3v) is 5.96. The van der Waals surface area contributed by atoms with E-state index in [1.54, 1.807) is 0 Å². The van der Waals surface area contributed by atoms with Crippen molar-refractivity contribution in [2.45, 2.75) is 70.1 Å². The fraction of sp³-hybridized carbons (Fsp3) is 0.667. The average Bonchev–Trinajstić information content (AvgIpc) is 2.94. The molecule has 0 aromatic heterocycles. The Morgan fingerprint density at radius 2 is 1.81 bits per heavy atom. The van der Waals surface area contributed by atoms with E-state index in [2.05, 4.69) is 59.8 Å². The second-order valence-electron chi connectivity index (χ2n) is 8.07. The van der Waals surface area contributed by atoms with E-state index in [9.17, 15) is 4.79 Å². The number of rotatable bonds is 8. The summed E-state index contributed by atoms with van der Waals surface area (Å²) >= 11 is 0. The zero-order valence-corrected chi connectivity index (χ0v) is 18.2. The predicted octanol–water partition coefficient (Wildman–Crippen LogP) is 3.78. The average molecular weight is 416 g/mol. The summed E-state index contributed by atoms with van der Waals surface area (Å²) in [5, 5.41) is 6.79. The first-order valence-electron chi connectivity index (χ1n) is 9.87. The van der Waals surface area contributed by atoms with Gasteiger partial charge in [-0.3, -0.25) is 9.69 Å². The smallest absolute Gasteiger partial charge is 0.220 e. The summed E-state index contributed by atoms with van der Waals surface area (Å²) in [5.41, 5.74) is 1.33. The molecule has 2 N–H and O–H groups in total. The van der Waals surface area contributed by atoms with Crippen LogP contribution in [0.5, 0.6) is 0 Å². The third-order valence-electron chi connectivity index (χ3n) is 5.96. The van der Waals surface area contributed by atoms with Gasteiger partial charge in [0.25, 0.3) is 0 Å². The van der Waals surface area contributed by atoms with Crippen LogP contribution in [0.1, 0.15) is 51.0 Å². The Hall–Kier alpha value is -0.810. The highest BCUT2D eigenvalue weighted by molar-refractivity contribution is 5.85. The molecule has 2 fully saturated rings. The van der Waals surface area contributed by atoms with Crippen molar-refractivity contribution in [3.8, 4) is 0 Å². The summed E-state index contributed by atoms with van der Waals surface area (Å²) in [4.78, 5) is 14.6. The molecule has 6 heteroatoms. The van der Waals surface area contributed by atoms with Gasteiger partial charge in [0.15, 0.2) is 0 Å². The van der Waals surface area contributed by atoms with Crippen LogP contribution in [0.25, 0.3) is 0 Å². The minimum Gasteiger partial charge on any atom is -0.356 e. The number of nitrogens with one attached hydrogen (secondary N) is 2. The highest BCUT2D eigenvalue weighted by Crippen LogP contribution is 2.32. The number of carbonyl (C=O) groups is 1. The number of hydrogen-bond donors (Lipinski definition) is 2. The lowest BCUT2D eigenvalue weighted by atomic mass is 9.89. The van der Waals surface area contributed by atoms with Crippen LogP contribution < -0.4 is 10.6 Å². The molecule has 2 aliphatic heterocycles. The van der Waals surface area contributed by atoms with Gasteiger partial charge < -0.3 is 10.6 Å². The van der Waals surface area contributed by atoms with Crippen LogP contribution in [0.3, 0.4) is 0 Å². The Labute approximate surface area is 176 Å². The van der Waals surface area contributed by atoms with E-state index in [4.69, 9.17) is 0 Å². The minimum atomic E-state index is 0. The molecule has 3 unspecified atom stereocenters. The second kappa shape index (κ2) is 11.9. The van der Waals surface area contributed by atoms with Gasteiger partial charge in [-0.2, -0.15) is 0 Å². The quantitative estimate of drug-likeness (QED) is 0.678. The van der Waals surface area contributed by atoms with E-state index in [1.807, 2.05) is 0 Å². The molecule has 0 spiro atoms. The van der Waals surface area contributed by atoms with Crippen molar-refractivity contribution < 1.29 is 4.79 Å². The number of nitrogens with zero attached hydrogens (tertiary/aromatic N) is 1. The molecule has 0 radical (unpaired) electrons. The Morgan fingerprint density at radius 3 is 2.44 bits per heavy atom. The van der Waals surface area contributed by atoms with Gasteiger partial charge in [-0.1, -0.05) is 30.3 Å². The van der Waals surface area contributed by atoms with Gasteiger partial charge >= 0.3 is 0 Å². The van der Waals surface area contributed by atoms with Crippen LogP contribution in [-0.4, -0.2) is 42.5 Å². The lowest BCUT2D eigenvalue weighted by Gasteiger charge is -2.29. The van der Waals surface area contributed by atoms with Crippen LogP contribution >= 0.6 is 24.8 Å². The molecule has 0 saturated carbocycles. The summed E-state index contributed by atoms with van der Waals surface area (Å²) in [6.45, 7) is 3.96. The summed E-state index contributed by atoms with van der Waals surface area (Å²) in [6, 6.07) is 12.3. The topological polar surface area (TPSA) is 44.4 Å². The van der Waals surface area contributed by atoms with Crippen LogP contribution in [0.15, 0.2) is 30.3 Å². The zero-order valence-electron chi connectivity index (χ0n) is 16.5. The fourth-order valence-electron chi connectivity index (χ4n) is 4.34. The molecule has 1 aromatic carbocycles. The number of carbonyl (C=O) groups excluding carboxylic acids is 1. The molecule has 27 heavy (non-hydrogen) atoms. The van der Waals surface area contributed by atoms with Gasteiger partial charge in [-0.15, -0.1) is 24.8 Å². The zero-order chi connectivity index (χ0) is 17.6. The van der Waals surface area contributed by atoms with Crippen molar-refractivity contribution in [2.24, 2.45) is 5.92 Å². The molecule has 3 rings (SSSR count). The van der Waals surface area contributed by atoms with Gasteiger partial charge in [-0.05, 0) is 57.6 Å². The number of hydrogen-bond acceptors (Lipinski definition) is 3. The molecular formula is C21H35Cl2N3O. The predicted molar refractivity (Wildman–Crippen MR) is 117 cm³/mol. The molecule has 154 valence electrons. The van der Waals surface area contributed by atoms with Crippen molar-refractivity contribution >= 4 is 30.7 Å². The Morgan fingerprint density at radius 1 is 1.19 bits per heavy atom. The van der Waals surface area contributed by atoms with Crippen molar-refractivity contribution in [1.29, 1.82) is 0 Å². The Balaban J connectivity index is 0.00000182. The van der Waals surface area contributed by atoms with Crippen LogP contribution in [0.2, 0.25) is 0 Å². The standard InChI is InChI=1S/C21H33N3O.2ClH/c1-16(24(2)15-17-6-4-3-5-7-17)10-11-22-21(25)14-18-12-19-8-9-20(13-18)23-19;;/h3-7,16,18-20,23H,8-15H2,1-2H3,(H,22,25);2*1H. The van der Waals surface area contributed by atoms with Gasteiger partial charge in [0.2, 0.25) is 5.91 Å². The minimum absolute atomic E-state index is 0. The third kappa shape index (κ3) is 7.61. The molecular weight excluding hydrogens is 381 g/mol. The van der Waals surface area contributed by atoms with Crippen LogP contribution in [0.4, 0.5) is 0 Å². The number of fused-ring (bicyclic) bond motifs is 2. The number of benzene rings is 1. The van der Waals surface area contributed by atoms with Gasteiger partial charge in [-0.25, -0.2) is 0 Å².